The van der Waals surface area contributed by atoms with Crippen LogP contribution in [0.15, 0.2) is 0 Å². The van der Waals surface area contributed by atoms with Gasteiger partial charge in [0.15, 0.2) is 0 Å². The molecule has 0 aliphatic carbocycles. The summed E-state index contributed by atoms with van der Waals surface area (Å²) in [5.74, 6) is 0. The third-order valence-corrected chi connectivity index (χ3v) is 0. The van der Waals surface area contributed by atoms with Gasteiger partial charge in [-0.15, -0.1) is 0 Å². The van der Waals surface area contributed by atoms with E-state index in [4.69, 9.17) is 3.80 Å². The summed E-state index contributed by atoms with van der Waals surface area (Å²) in [6.45, 7) is 0. The van der Waals surface area contributed by atoms with Crippen LogP contribution in [0.5, 0.6) is 0 Å². The molecule has 0 heterocycles. The molecule has 0 rings (SSSR count). The fourth-order valence-corrected chi connectivity index (χ4v) is 0. The van der Waals surface area contributed by atoms with Crippen molar-refractivity contribution in [3.05, 3.63) is 0 Å². The van der Waals surface area contributed by atoms with E-state index in [1.54, 1.807) is 0 Å². The molecule has 0 aromatic carbocycles. The second-order valence-corrected chi connectivity index (χ2v) is 0. The van der Waals surface area contributed by atoms with Crippen LogP contribution in [-0.2, 0) is 20.1 Å². The molecule has 0 spiro atoms. The molecule has 4 heteroatoms. The molecule has 0 aliphatic heterocycles. The Morgan fingerprint density at radius 2 is 1.50 bits per heavy atom. The zero-order chi connectivity index (χ0) is 4.00. The van der Waals surface area contributed by atoms with Crippen LogP contribution in [0.25, 0.3) is 0 Å². The van der Waals surface area contributed by atoms with Crippen LogP contribution in [0, 0.1) is 0 Å². The Balaban J connectivity index is 0. The maximum atomic E-state index is 8.28. The molecule has 4 heavy (non-hydrogen) atoms. The first kappa shape index (κ1) is 9.15. The number of hydrogen-bond donors (Lipinski definition) is 0. The van der Waals surface area contributed by atoms with Gasteiger partial charge < -0.3 is 0 Å². The van der Waals surface area contributed by atoms with Crippen LogP contribution in [0.3, 0.4) is 0 Å². The zero-order valence-electron chi connectivity index (χ0n) is 2.45. The molecule has 0 fully saturated rings. The Kier molecular flexibility index (Phi) is 52.8. The molecule has 0 aromatic heterocycles. The summed E-state index contributed by atoms with van der Waals surface area (Å²) < 4.78 is 8.28. The normalized spacial score (nSPS) is 2.25. The summed E-state index contributed by atoms with van der Waals surface area (Å²) in [6.07, 6.45) is 0. The van der Waals surface area contributed by atoms with E-state index in [0.29, 0.717) is 16.2 Å². The summed E-state index contributed by atoms with van der Waals surface area (Å²) in [4.78, 5) is 0. The molecule has 0 N–H and O–H groups in total. The predicted molar refractivity (Wildman–Crippen MR) is 16.4 cm³/mol. The van der Waals surface area contributed by atoms with Crippen LogP contribution in [0.1, 0.15) is 0 Å². The monoisotopic (exact) mass is 308 g/mol. The van der Waals surface area contributed by atoms with Crippen molar-refractivity contribution >= 4 is 32.2 Å². The molecule has 0 amide bonds. The minimum absolute atomic E-state index is 0.611. The fraction of sp³-hybridized carbons (Fsp3) is 0. The first-order valence-electron chi connectivity index (χ1n) is 0.622. The van der Waals surface area contributed by atoms with Crippen molar-refractivity contribution in [2.75, 3.05) is 0 Å². The van der Waals surface area contributed by atoms with Gasteiger partial charge >= 0.3 is 52.2 Å². The molecule has 0 saturated heterocycles. The number of hydrogen-bond acceptors (Lipinski definition) is 1. The third-order valence-electron chi connectivity index (χ3n) is 0. The molecule has 0 saturated carbocycles. The molecule has 0 radical (unpaired) electrons. The Morgan fingerprint density at radius 3 is 1.50 bits per heavy atom. The van der Waals surface area contributed by atoms with Crippen LogP contribution < -0.4 is 0 Å². The second kappa shape index (κ2) is 23.1. The molecule has 0 unspecified atom stereocenters. The van der Waals surface area contributed by atoms with Crippen LogP contribution >= 0.6 is 0 Å². The van der Waals surface area contributed by atoms with Crippen molar-refractivity contribution in [2.24, 2.45) is 0 Å². The summed E-state index contributed by atoms with van der Waals surface area (Å²) in [7, 11) is 0. The van der Waals surface area contributed by atoms with E-state index in [9.17, 15) is 0 Å². The first-order chi connectivity index (χ1) is 2.00. The first-order valence-corrected chi connectivity index (χ1v) is 15.0. The van der Waals surface area contributed by atoms with Crippen molar-refractivity contribution in [2.45, 2.75) is 0 Å². The standard InChI is InChI=1S/Al.Ga.Ir.O.3H. The quantitative estimate of drug-likeness (QED) is 0.488. The Bertz CT molecular complexity index is 8.00. The molecule has 0 bridgehead atoms. The Labute approximate surface area is 51.9 Å². The topological polar surface area (TPSA) is 17.1 Å². The SMILES string of the molecule is [GaH2][Ir].[O]=[AlH]. The van der Waals surface area contributed by atoms with E-state index >= 15 is 0 Å². The van der Waals surface area contributed by atoms with Crippen LogP contribution in [0.2, 0.25) is 0 Å². The molecule has 0 aromatic rings. The molecular weight excluding hydrogens is 305 g/mol. The van der Waals surface area contributed by atoms with Gasteiger partial charge in [0.1, 0.15) is 0 Å². The van der Waals surface area contributed by atoms with E-state index in [-0.39, 0.29) is 0 Å². The predicted octanol–water partition coefficient (Wildman–Crippen LogP) is -1.69. The Hall–Kier alpha value is 1.62. The van der Waals surface area contributed by atoms with E-state index in [1.807, 2.05) is 0 Å². The molecule has 0 aliphatic rings. The average Bonchev–Trinajstić information content (AvgIpc) is 1.50. The summed E-state index contributed by atoms with van der Waals surface area (Å²) in [6, 6.07) is 0. The second-order valence-electron chi connectivity index (χ2n) is 0. The van der Waals surface area contributed by atoms with Gasteiger partial charge in [-0.25, -0.2) is 0 Å². The average molecular weight is 308 g/mol. The van der Waals surface area contributed by atoms with Gasteiger partial charge in [-0.2, -0.15) is 0 Å². The van der Waals surface area contributed by atoms with Gasteiger partial charge in [0.2, 0.25) is 0 Å². The van der Waals surface area contributed by atoms with E-state index < -0.39 is 0 Å². The van der Waals surface area contributed by atoms with Crippen LogP contribution in [0.4, 0.5) is 0 Å². The molecule has 24 valence electrons. The molecular formula is H3AlGaIrO. The van der Waals surface area contributed by atoms with E-state index in [1.165, 1.54) is 0 Å². The fourth-order valence-electron chi connectivity index (χ4n) is 0. The molecule has 0 atom stereocenters. The van der Waals surface area contributed by atoms with E-state index in [2.05, 4.69) is 16.3 Å². The number of rotatable bonds is 0. The Morgan fingerprint density at radius 1 is 1.50 bits per heavy atom. The van der Waals surface area contributed by atoms with Crippen LogP contribution in [-0.4, -0.2) is 32.2 Å². The van der Waals surface area contributed by atoms with Crippen molar-refractivity contribution in [1.29, 1.82) is 0 Å². The van der Waals surface area contributed by atoms with Gasteiger partial charge in [0, 0.05) is 0 Å². The van der Waals surface area contributed by atoms with Gasteiger partial charge in [-0.1, -0.05) is 0 Å². The van der Waals surface area contributed by atoms with Gasteiger partial charge in [-0.05, 0) is 0 Å². The van der Waals surface area contributed by atoms with Gasteiger partial charge in [-0.3, -0.25) is 0 Å². The summed E-state index contributed by atoms with van der Waals surface area (Å²) in [5.41, 5.74) is 0. The summed E-state index contributed by atoms with van der Waals surface area (Å²) in [5, 5.41) is 0. The van der Waals surface area contributed by atoms with Crippen molar-refractivity contribution in [3.8, 4) is 0 Å². The van der Waals surface area contributed by atoms with Gasteiger partial charge in [0.25, 0.3) is 0 Å². The third kappa shape index (κ3) is 9.47. The molecule has 1 nitrogen and oxygen atoms in total. The van der Waals surface area contributed by atoms with Crippen molar-refractivity contribution in [3.63, 3.8) is 0 Å². The minimum atomic E-state index is 0.611. The van der Waals surface area contributed by atoms with Gasteiger partial charge in [0.05, 0.1) is 0 Å². The summed E-state index contributed by atoms with van der Waals surface area (Å²) >= 11 is 3.86. The van der Waals surface area contributed by atoms with Crippen molar-refractivity contribution in [1.82, 2.24) is 0 Å². The van der Waals surface area contributed by atoms with E-state index in [0.717, 1.165) is 15.9 Å². The zero-order valence-corrected chi connectivity index (χ0v) is 10.5. The van der Waals surface area contributed by atoms with Crippen molar-refractivity contribution < 1.29 is 20.1 Å². The maximum absolute atomic E-state index is 8.28.